The Morgan fingerprint density at radius 3 is 2.74 bits per heavy atom. The number of imidazole rings is 1. The number of rotatable bonds is 10. The molecule has 31 heavy (non-hydrogen) atoms. The molecular formula is C22H25ClFN5O2. The minimum Gasteiger partial charge on any atom is -0.370 e. The number of benzene rings is 1. The molecule has 0 saturated heterocycles. The first kappa shape index (κ1) is 21.5. The van der Waals surface area contributed by atoms with Crippen molar-refractivity contribution >= 4 is 17.5 Å². The van der Waals surface area contributed by atoms with Crippen molar-refractivity contribution in [2.45, 2.75) is 37.8 Å². The van der Waals surface area contributed by atoms with Gasteiger partial charge in [0.05, 0.1) is 37.6 Å². The van der Waals surface area contributed by atoms with E-state index < -0.39 is 0 Å². The monoisotopic (exact) mass is 445 g/mol. The number of carbonyl (C=O) groups excluding carboxylic acids is 1. The molecule has 1 aliphatic carbocycles. The van der Waals surface area contributed by atoms with Crippen LogP contribution in [0.15, 0.2) is 49.2 Å². The van der Waals surface area contributed by atoms with Gasteiger partial charge in [0, 0.05) is 28.9 Å². The molecule has 4 rings (SSSR count). The lowest BCUT2D eigenvalue weighted by molar-refractivity contribution is -0.125. The van der Waals surface area contributed by atoms with Gasteiger partial charge in [0.15, 0.2) is 5.82 Å². The molecular weight excluding hydrogens is 421 g/mol. The van der Waals surface area contributed by atoms with Crippen molar-refractivity contribution in [3.05, 3.63) is 60.0 Å². The van der Waals surface area contributed by atoms with Gasteiger partial charge in [-0.15, -0.1) is 0 Å². The summed E-state index contributed by atoms with van der Waals surface area (Å²) in [5, 5.41) is 7.46. The molecule has 0 radical (unpaired) electrons. The zero-order chi connectivity index (χ0) is 21.7. The number of amides is 1. The lowest BCUT2D eigenvalue weighted by atomic mass is 9.74. The van der Waals surface area contributed by atoms with Crippen molar-refractivity contribution in [2.24, 2.45) is 0 Å². The molecule has 3 aromatic rings. The van der Waals surface area contributed by atoms with Crippen molar-refractivity contribution in [3.8, 4) is 11.3 Å². The SMILES string of the molecule is O=C(COCCn1cc(F)cn1)NCCC1(n2cnc(-c3ccc(Cl)cc3)c2)CCC1. The van der Waals surface area contributed by atoms with E-state index >= 15 is 0 Å². The fourth-order valence-electron chi connectivity index (χ4n) is 3.84. The van der Waals surface area contributed by atoms with Crippen molar-refractivity contribution in [1.82, 2.24) is 24.6 Å². The molecule has 0 bridgehead atoms. The maximum atomic E-state index is 12.9. The number of nitrogens with zero attached hydrogens (tertiary/aromatic N) is 4. The van der Waals surface area contributed by atoms with Gasteiger partial charge in [-0.1, -0.05) is 23.7 Å². The quantitative estimate of drug-likeness (QED) is 0.483. The second-order valence-corrected chi connectivity index (χ2v) is 8.26. The van der Waals surface area contributed by atoms with Crippen molar-refractivity contribution in [3.63, 3.8) is 0 Å². The summed E-state index contributed by atoms with van der Waals surface area (Å²) in [4.78, 5) is 16.6. The van der Waals surface area contributed by atoms with Crippen LogP contribution < -0.4 is 5.32 Å². The van der Waals surface area contributed by atoms with Gasteiger partial charge >= 0.3 is 0 Å². The van der Waals surface area contributed by atoms with Crippen molar-refractivity contribution < 1.29 is 13.9 Å². The van der Waals surface area contributed by atoms with Gasteiger partial charge in [-0.3, -0.25) is 9.48 Å². The number of halogens is 2. The highest BCUT2D eigenvalue weighted by Crippen LogP contribution is 2.42. The predicted molar refractivity (Wildman–Crippen MR) is 115 cm³/mol. The van der Waals surface area contributed by atoms with Crippen LogP contribution in [0.2, 0.25) is 5.02 Å². The summed E-state index contributed by atoms with van der Waals surface area (Å²) >= 11 is 5.97. The van der Waals surface area contributed by atoms with Crippen LogP contribution in [0.1, 0.15) is 25.7 Å². The molecule has 7 nitrogen and oxygen atoms in total. The van der Waals surface area contributed by atoms with Gasteiger partial charge in [0.2, 0.25) is 5.91 Å². The summed E-state index contributed by atoms with van der Waals surface area (Å²) in [6.45, 7) is 1.24. The minimum absolute atomic E-state index is 0.00399. The number of aromatic nitrogens is 4. The van der Waals surface area contributed by atoms with Crippen LogP contribution in [-0.4, -0.2) is 45.0 Å². The average molecular weight is 446 g/mol. The molecule has 0 spiro atoms. The van der Waals surface area contributed by atoms with Gasteiger partial charge in [0.1, 0.15) is 6.61 Å². The summed E-state index contributed by atoms with van der Waals surface area (Å²) in [5.74, 6) is -0.547. The van der Waals surface area contributed by atoms with Crippen LogP contribution in [0.4, 0.5) is 4.39 Å². The number of hydrogen-bond acceptors (Lipinski definition) is 4. The molecule has 1 saturated carbocycles. The normalized spacial score (nSPS) is 14.9. The lowest BCUT2D eigenvalue weighted by Gasteiger charge is -2.43. The molecule has 1 N–H and O–H groups in total. The Kier molecular flexibility index (Phi) is 6.67. The number of nitrogens with one attached hydrogen (secondary N) is 1. The Morgan fingerprint density at radius 2 is 2.06 bits per heavy atom. The molecule has 0 aliphatic heterocycles. The molecule has 0 unspecified atom stereocenters. The third kappa shape index (κ3) is 5.32. The van der Waals surface area contributed by atoms with E-state index in [-0.39, 0.29) is 23.9 Å². The van der Waals surface area contributed by atoms with Crippen LogP contribution >= 0.6 is 11.6 Å². The second kappa shape index (κ2) is 9.62. The third-order valence-electron chi connectivity index (χ3n) is 5.77. The maximum absolute atomic E-state index is 12.9. The fourth-order valence-corrected chi connectivity index (χ4v) is 3.97. The zero-order valence-corrected chi connectivity index (χ0v) is 17.9. The predicted octanol–water partition coefficient (Wildman–Crippen LogP) is 3.64. The van der Waals surface area contributed by atoms with Crippen LogP contribution in [0.25, 0.3) is 11.3 Å². The van der Waals surface area contributed by atoms with Crippen LogP contribution in [0.5, 0.6) is 0 Å². The molecule has 1 amide bonds. The number of ether oxygens (including phenoxy) is 1. The molecule has 0 atom stereocenters. The summed E-state index contributed by atoms with van der Waals surface area (Å²) < 4.78 is 21.8. The Bertz CT molecular complexity index is 1010. The van der Waals surface area contributed by atoms with E-state index in [0.717, 1.165) is 36.7 Å². The number of carbonyl (C=O) groups is 1. The van der Waals surface area contributed by atoms with Crippen molar-refractivity contribution in [2.75, 3.05) is 19.8 Å². The van der Waals surface area contributed by atoms with Gasteiger partial charge in [-0.05, 0) is 37.8 Å². The third-order valence-corrected chi connectivity index (χ3v) is 6.02. The van der Waals surface area contributed by atoms with Crippen LogP contribution in [0.3, 0.4) is 0 Å². The molecule has 1 fully saturated rings. The highest BCUT2D eigenvalue weighted by atomic mass is 35.5. The van der Waals surface area contributed by atoms with Gasteiger partial charge < -0.3 is 14.6 Å². The summed E-state index contributed by atoms with van der Waals surface area (Å²) in [6, 6.07) is 7.65. The topological polar surface area (TPSA) is 74.0 Å². The van der Waals surface area contributed by atoms with E-state index in [1.807, 2.05) is 30.6 Å². The molecule has 2 aromatic heterocycles. The summed E-state index contributed by atoms with van der Waals surface area (Å²) in [7, 11) is 0. The highest BCUT2D eigenvalue weighted by Gasteiger charge is 2.38. The van der Waals surface area contributed by atoms with Crippen LogP contribution in [-0.2, 0) is 21.6 Å². The zero-order valence-electron chi connectivity index (χ0n) is 17.1. The summed E-state index contributed by atoms with van der Waals surface area (Å²) in [5.41, 5.74) is 1.94. The first-order valence-electron chi connectivity index (χ1n) is 10.4. The largest absolute Gasteiger partial charge is 0.370 e. The smallest absolute Gasteiger partial charge is 0.246 e. The minimum atomic E-state index is -0.388. The van der Waals surface area contributed by atoms with Gasteiger partial charge in [-0.2, -0.15) is 5.10 Å². The molecule has 164 valence electrons. The molecule has 9 heteroatoms. The first-order chi connectivity index (χ1) is 15.0. The van der Waals surface area contributed by atoms with E-state index in [1.165, 1.54) is 17.3 Å². The Hall–Kier alpha value is -2.71. The van der Waals surface area contributed by atoms with Gasteiger partial charge in [-0.25, -0.2) is 9.37 Å². The highest BCUT2D eigenvalue weighted by molar-refractivity contribution is 6.30. The maximum Gasteiger partial charge on any atom is 0.246 e. The first-order valence-corrected chi connectivity index (χ1v) is 10.7. The Labute approximate surface area is 185 Å². The fraction of sp³-hybridized carbons (Fsp3) is 0.409. The lowest BCUT2D eigenvalue weighted by Crippen LogP contribution is -2.43. The molecule has 1 aliphatic rings. The molecule has 1 aromatic carbocycles. The molecule has 2 heterocycles. The Morgan fingerprint density at radius 1 is 1.26 bits per heavy atom. The average Bonchev–Trinajstić information content (AvgIpc) is 3.37. The standard InChI is InChI=1S/C22H25ClFN5O2/c23-18-4-2-17(3-5-18)20-14-28(16-26-20)22(6-1-7-22)8-9-25-21(30)15-31-11-10-29-13-19(24)12-27-29/h2-5,12-14,16H,1,6-11,15H2,(H,25,30). The Balaban J connectivity index is 1.23. The summed E-state index contributed by atoms with van der Waals surface area (Å²) in [6.07, 6.45) is 10.5. The van der Waals surface area contributed by atoms with Crippen LogP contribution in [0, 0.1) is 5.82 Å². The van der Waals surface area contributed by atoms with E-state index in [1.54, 1.807) is 0 Å². The number of hydrogen-bond donors (Lipinski definition) is 1. The van der Waals surface area contributed by atoms with E-state index in [0.29, 0.717) is 24.7 Å². The van der Waals surface area contributed by atoms with Crippen molar-refractivity contribution in [1.29, 1.82) is 0 Å². The van der Waals surface area contributed by atoms with E-state index in [9.17, 15) is 9.18 Å². The van der Waals surface area contributed by atoms with E-state index in [4.69, 9.17) is 16.3 Å². The second-order valence-electron chi connectivity index (χ2n) is 7.83. The van der Waals surface area contributed by atoms with Gasteiger partial charge in [0.25, 0.3) is 0 Å². The van der Waals surface area contributed by atoms with E-state index in [2.05, 4.69) is 26.2 Å².